The van der Waals surface area contributed by atoms with E-state index in [1.165, 1.54) is 0 Å². The Hall–Kier alpha value is -4.36. The molecule has 0 fully saturated rings. The van der Waals surface area contributed by atoms with Crippen molar-refractivity contribution in [1.82, 2.24) is 10.5 Å². The number of hydrogen-bond acceptors (Lipinski definition) is 5. The number of nitrogens with one attached hydrogen (secondary N) is 1. The fourth-order valence-corrected chi connectivity index (χ4v) is 4.90. The number of aromatic nitrogens is 1. The lowest BCUT2D eigenvalue weighted by Crippen LogP contribution is -2.23. The van der Waals surface area contributed by atoms with Crippen molar-refractivity contribution in [2.45, 2.75) is 27.1 Å². The predicted molar refractivity (Wildman–Crippen MR) is 159 cm³/mol. The first-order valence-electron chi connectivity index (χ1n) is 13.1. The maximum atomic E-state index is 12.6. The molecule has 0 atom stereocenters. The number of halogens is 1. The summed E-state index contributed by atoms with van der Waals surface area (Å²) >= 11 is 3.56. The number of benzene rings is 4. The summed E-state index contributed by atoms with van der Waals surface area (Å²) in [6.45, 7) is 5.12. The SMILES string of the molecule is CCNC(=O)c1noc(-c2cc(-c3ccccc3C)c(OCc3ccccc3)cc2OCc2ccccc2)c1Br. The molecule has 0 saturated carbocycles. The van der Waals surface area contributed by atoms with E-state index < -0.39 is 0 Å². The molecule has 0 bridgehead atoms. The molecule has 0 aliphatic heterocycles. The first kappa shape index (κ1) is 27.2. The summed E-state index contributed by atoms with van der Waals surface area (Å²) in [5, 5.41) is 6.84. The second kappa shape index (κ2) is 12.7. The van der Waals surface area contributed by atoms with Gasteiger partial charge in [0.1, 0.15) is 24.7 Å². The minimum Gasteiger partial charge on any atom is -0.488 e. The molecule has 0 aliphatic carbocycles. The molecule has 1 heterocycles. The highest BCUT2D eigenvalue weighted by atomic mass is 79.9. The van der Waals surface area contributed by atoms with E-state index in [2.05, 4.69) is 45.5 Å². The lowest BCUT2D eigenvalue weighted by molar-refractivity contribution is 0.0946. The van der Waals surface area contributed by atoms with Crippen LogP contribution in [0.15, 0.2) is 106 Å². The molecule has 0 unspecified atom stereocenters. The van der Waals surface area contributed by atoms with E-state index in [-0.39, 0.29) is 11.6 Å². The van der Waals surface area contributed by atoms with Gasteiger partial charge in [-0.2, -0.15) is 0 Å². The third kappa shape index (κ3) is 6.10. The Morgan fingerprint density at radius 1 is 0.800 bits per heavy atom. The van der Waals surface area contributed by atoms with E-state index in [0.29, 0.717) is 47.1 Å². The van der Waals surface area contributed by atoms with Crippen LogP contribution in [0.25, 0.3) is 22.5 Å². The van der Waals surface area contributed by atoms with E-state index in [4.69, 9.17) is 14.0 Å². The summed E-state index contributed by atoms with van der Waals surface area (Å²) in [6, 6.07) is 32.0. The number of ether oxygens (including phenoxy) is 2. The topological polar surface area (TPSA) is 73.6 Å². The summed E-state index contributed by atoms with van der Waals surface area (Å²) in [4.78, 5) is 12.6. The lowest BCUT2D eigenvalue weighted by Gasteiger charge is -2.18. The van der Waals surface area contributed by atoms with Gasteiger partial charge in [0.2, 0.25) is 0 Å². The third-order valence-corrected chi connectivity index (χ3v) is 7.16. The van der Waals surface area contributed by atoms with Crippen molar-refractivity contribution < 1.29 is 18.8 Å². The summed E-state index contributed by atoms with van der Waals surface area (Å²) < 4.78 is 19.0. The molecule has 202 valence electrons. The van der Waals surface area contributed by atoms with Gasteiger partial charge in [-0.1, -0.05) is 90.1 Å². The molecule has 0 radical (unpaired) electrons. The lowest BCUT2D eigenvalue weighted by atomic mass is 9.96. The number of rotatable bonds is 10. The summed E-state index contributed by atoms with van der Waals surface area (Å²) in [7, 11) is 0. The fourth-order valence-electron chi connectivity index (χ4n) is 4.37. The van der Waals surface area contributed by atoms with Crippen LogP contribution in [-0.2, 0) is 13.2 Å². The standard InChI is InChI=1S/C33H29BrN2O4/c1-3-35-33(37)31-30(34)32(40-36-31)27-18-26(25-17-11-10-12-22(25)2)28(38-20-23-13-6-4-7-14-23)19-29(27)39-21-24-15-8-5-9-16-24/h4-19H,3,20-21H2,1-2H3,(H,35,37). The van der Waals surface area contributed by atoms with E-state index in [1.807, 2.05) is 91.9 Å². The van der Waals surface area contributed by atoms with Crippen molar-refractivity contribution in [3.63, 3.8) is 0 Å². The van der Waals surface area contributed by atoms with Crippen molar-refractivity contribution in [1.29, 1.82) is 0 Å². The molecule has 1 amide bonds. The Labute approximate surface area is 242 Å². The maximum absolute atomic E-state index is 12.6. The van der Waals surface area contributed by atoms with Gasteiger partial charge in [0, 0.05) is 18.2 Å². The van der Waals surface area contributed by atoms with Gasteiger partial charge >= 0.3 is 0 Å². The van der Waals surface area contributed by atoms with E-state index in [9.17, 15) is 4.79 Å². The van der Waals surface area contributed by atoms with Gasteiger partial charge in [0.05, 0.1) is 10.0 Å². The number of carbonyl (C=O) groups excluding carboxylic acids is 1. The average Bonchev–Trinajstić information content (AvgIpc) is 3.37. The summed E-state index contributed by atoms with van der Waals surface area (Å²) in [5.74, 6) is 1.29. The van der Waals surface area contributed by atoms with E-state index in [0.717, 1.165) is 27.8 Å². The molecular weight excluding hydrogens is 568 g/mol. The fraction of sp³-hybridized carbons (Fsp3) is 0.152. The highest BCUT2D eigenvalue weighted by Gasteiger charge is 2.25. The zero-order chi connectivity index (χ0) is 27.9. The van der Waals surface area contributed by atoms with Gasteiger partial charge in [-0.15, -0.1) is 0 Å². The van der Waals surface area contributed by atoms with Crippen molar-refractivity contribution in [3.8, 4) is 33.9 Å². The molecule has 5 rings (SSSR count). The van der Waals surface area contributed by atoms with Crippen molar-refractivity contribution >= 4 is 21.8 Å². The van der Waals surface area contributed by atoms with Gasteiger partial charge in [0.25, 0.3) is 5.91 Å². The molecule has 4 aromatic carbocycles. The van der Waals surface area contributed by atoms with E-state index >= 15 is 0 Å². The normalized spacial score (nSPS) is 10.8. The Morgan fingerprint density at radius 2 is 1.38 bits per heavy atom. The predicted octanol–water partition coefficient (Wildman–Crippen LogP) is 7.99. The Kier molecular flexibility index (Phi) is 8.62. The quantitative estimate of drug-likeness (QED) is 0.177. The second-order valence-corrected chi connectivity index (χ2v) is 10.0. The Bertz CT molecular complexity index is 1600. The zero-order valence-electron chi connectivity index (χ0n) is 22.3. The van der Waals surface area contributed by atoms with Crippen molar-refractivity contribution in [3.05, 3.63) is 124 Å². The van der Waals surface area contributed by atoms with Crippen molar-refractivity contribution in [2.24, 2.45) is 0 Å². The number of aryl methyl sites for hydroxylation is 1. The molecule has 0 spiro atoms. The van der Waals surface area contributed by atoms with Gasteiger partial charge in [0.15, 0.2) is 11.5 Å². The molecular formula is C33H29BrN2O4. The number of carbonyl (C=O) groups is 1. The van der Waals surface area contributed by atoms with Gasteiger partial charge in [-0.25, -0.2) is 0 Å². The van der Waals surface area contributed by atoms with Crippen LogP contribution in [0.3, 0.4) is 0 Å². The average molecular weight is 598 g/mol. The van der Waals surface area contributed by atoms with Crippen LogP contribution in [0, 0.1) is 6.92 Å². The molecule has 0 aliphatic rings. The van der Waals surface area contributed by atoms with Crippen LogP contribution in [0.2, 0.25) is 0 Å². The van der Waals surface area contributed by atoms with Crippen LogP contribution in [0.4, 0.5) is 0 Å². The van der Waals surface area contributed by atoms with Crippen LogP contribution < -0.4 is 14.8 Å². The molecule has 0 saturated heterocycles. The second-order valence-electron chi connectivity index (χ2n) is 9.24. The molecule has 1 aromatic heterocycles. The maximum Gasteiger partial charge on any atom is 0.274 e. The summed E-state index contributed by atoms with van der Waals surface area (Å²) in [6.07, 6.45) is 0. The smallest absolute Gasteiger partial charge is 0.274 e. The highest BCUT2D eigenvalue weighted by molar-refractivity contribution is 9.10. The minimum atomic E-state index is -0.321. The highest BCUT2D eigenvalue weighted by Crippen LogP contribution is 2.45. The molecule has 1 N–H and O–H groups in total. The zero-order valence-corrected chi connectivity index (χ0v) is 23.9. The third-order valence-electron chi connectivity index (χ3n) is 6.42. The molecule has 5 aromatic rings. The first-order chi connectivity index (χ1) is 19.5. The first-order valence-corrected chi connectivity index (χ1v) is 13.9. The van der Waals surface area contributed by atoms with E-state index in [1.54, 1.807) is 0 Å². The number of nitrogens with zero attached hydrogens (tertiary/aromatic N) is 1. The van der Waals surface area contributed by atoms with Gasteiger partial charge < -0.3 is 19.3 Å². The minimum absolute atomic E-state index is 0.174. The van der Waals surface area contributed by atoms with Crippen LogP contribution in [0.5, 0.6) is 11.5 Å². The van der Waals surface area contributed by atoms with Crippen molar-refractivity contribution in [2.75, 3.05) is 6.54 Å². The number of hydrogen-bond donors (Lipinski definition) is 1. The molecule has 7 heteroatoms. The van der Waals surface area contributed by atoms with Crippen LogP contribution in [0.1, 0.15) is 34.1 Å². The number of amides is 1. The molecule has 40 heavy (non-hydrogen) atoms. The monoisotopic (exact) mass is 596 g/mol. The molecule has 6 nitrogen and oxygen atoms in total. The van der Waals surface area contributed by atoms with Crippen LogP contribution >= 0.6 is 15.9 Å². The van der Waals surface area contributed by atoms with Gasteiger partial charge in [-0.05, 0) is 58.1 Å². The Balaban J connectivity index is 1.64. The largest absolute Gasteiger partial charge is 0.488 e. The Morgan fingerprint density at radius 3 is 1.98 bits per heavy atom. The summed E-state index contributed by atoms with van der Waals surface area (Å²) in [5.41, 5.74) is 5.88. The van der Waals surface area contributed by atoms with Gasteiger partial charge in [-0.3, -0.25) is 4.79 Å². The van der Waals surface area contributed by atoms with Crippen LogP contribution in [-0.4, -0.2) is 17.6 Å².